The number of hydrogen-bond acceptors (Lipinski definition) is 6. The molecule has 1 N–H and O–H groups in total. The second-order valence-corrected chi connectivity index (χ2v) is 5.73. The second kappa shape index (κ2) is 8.92. The average molecular weight is 401 g/mol. The Hall–Kier alpha value is -3.52. The van der Waals surface area contributed by atoms with Gasteiger partial charge in [0.05, 0.1) is 19.5 Å². The molecule has 9 heteroatoms. The minimum absolute atomic E-state index is 0.119. The first kappa shape index (κ1) is 19.2. The standard InChI is InChI=1S/C19H14ClFN4O3/c1-27-15-4-2-3-13(9-15)17(26)25-23-10-12-5-7-14(8-6-12)28-18-16(21)11-22-19(20)24-18/h2-11H,1H3,(H,25,26). The minimum atomic E-state index is -0.727. The monoisotopic (exact) mass is 400 g/mol. The first-order valence-electron chi connectivity index (χ1n) is 7.98. The summed E-state index contributed by atoms with van der Waals surface area (Å²) < 4.78 is 24.0. The third-order valence-corrected chi connectivity index (χ3v) is 3.67. The second-order valence-electron chi connectivity index (χ2n) is 5.39. The summed E-state index contributed by atoms with van der Waals surface area (Å²) in [6.45, 7) is 0. The maximum Gasteiger partial charge on any atom is 0.271 e. The summed E-state index contributed by atoms with van der Waals surface area (Å²) in [7, 11) is 1.52. The van der Waals surface area contributed by atoms with Crippen LogP contribution in [0.15, 0.2) is 59.8 Å². The van der Waals surface area contributed by atoms with E-state index >= 15 is 0 Å². The van der Waals surface area contributed by atoms with Gasteiger partial charge in [0.25, 0.3) is 11.8 Å². The lowest BCUT2D eigenvalue weighted by molar-refractivity contribution is 0.0955. The molecule has 0 saturated heterocycles. The summed E-state index contributed by atoms with van der Waals surface area (Å²) in [5.41, 5.74) is 3.55. The third kappa shape index (κ3) is 5.01. The predicted octanol–water partition coefficient (Wildman–Crippen LogP) is 3.83. The van der Waals surface area contributed by atoms with E-state index < -0.39 is 5.82 Å². The van der Waals surface area contributed by atoms with E-state index in [-0.39, 0.29) is 17.1 Å². The van der Waals surface area contributed by atoms with E-state index in [9.17, 15) is 9.18 Å². The van der Waals surface area contributed by atoms with Crippen LogP contribution in [0.5, 0.6) is 17.4 Å². The van der Waals surface area contributed by atoms with Crippen LogP contribution in [0, 0.1) is 5.82 Å². The van der Waals surface area contributed by atoms with Gasteiger partial charge in [-0.3, -0.25) is 4.79 Å². The number of carbonyl (C=O) groups is 1. The lowest BCUT2D eigenvalue weighted by Gasteiger charge is -2.05. The number of halogens is 2. The number of methoxy groups -OCH3 is 1. The molecule has 0 saturated carbocycles. The lowest BCUT2D eigenvalue weighted by Crippen LogP contribution is -2.17. The zero-order chi connectivity index (χ0) is 19.9. The fourth-order valence-corrected chi connectivity index (χ4v) is 2.26. The molecule has 0 aliphatic rings. The minimum Gasteiger partial charge on any atom is -0.497 e. The molecule has 2 aromatic carbocycles. The topological polar surface area (TPSA) is 85.7 Å². The fraction of sp³-hybridized carbons (Fsp3) is 0.0526. The Morgan fingerprint density at radius 2 is 2.00 bits per heavy atom. The van der Waals surface area contributed by atoms with Crippen molar-refractivity contribution in [1.29, 1.82) is 0 Å². The molecule has 1 amide bonds. The van der Waals surface area contributed by atoms with Crippen LogP contribution in [-0.2, 0) is 0 Å². The fourth-order valence-electron chi connectivity index (χ4n) is 2.13. The Morgan fingerprint density at radius 3 is 2.75 bits per heavy atom. The number of nitrogens with one attached hydrogen (secondary N) is 1. The van der Waals surface area contributed by atoms with E-state index in [1.165, 1.54) is 13.3 Å². The van der Waals surface area contributed by atoms with Crippen molar-refractivity contribution in [3.05, 3.63) is 77.0 Å². The summed E-state index contributed by atoms with van der Waals surface area (Å²) in [4.78, 5) is 19.3. The van der Waals surface area contributed by atoms with E-state index in [0.717, 1.165) is 6.20 Å². The zero-order valence-corrected chi connectivity index (χ0v) is 15.4. The van der Waals surface area contributed by atoms with Crippen molar-refractivity contribution in [1.82, 2.24) is 15.4 Å². The number of rotatable bonds is 6. The van der Waals surface area contributed by atoms with Gasteiger partial charge in [-0.25, -0.2) is 10.4 Å². The molecule has 0 unspecified atom stereocenters. The van der Waals surface area contributed by atoms with Crippen molar-refractivity contribution in [2.45, 2.75) is 0 Å². The molecule has 0 fully saturated rings. The predicted molar refractivity (Wildman–Crippen MR) is 102 cm³/mol. The first-order valence-corrected chi connectivity index (χ1v) is 8.36. The molecule has 7 nitrogen and oxygen atoms in total. The molecule has 3 rings (SSSR count). The van der Waals surface area contributed by atoms with Crippen LogP contribution in [0.2, 0.25) is 5.28 Å². The molecule has 0 bridgehead atoms. The van der Waals surface area contributed by atoms with E-state index in [1.54, 1.807) is 48.5 Å². The largest absolute Gasteiger partial charge is 0.497 e. The summed E-state index contributed by atoms with van der Waals surface area (Å²) in [5.74, 6) is -0.437. The molecule has 0 aliphatic heterocycles. The van der Waals surface area contributed by atoms with Crippen LogP contribution in [0.4, 0.5) is 4.39 Å². The maximum atomic E-state index is 13.6. The van der Waals surface area contributed by atoms with Crippen molar-refractivity contribution >= 4 is 23.7 Å². The average Bonchev–Trinajstić information content (AvgIpc) is 2.72. The van der Waals surface area contributed by atoms with Gasteiger partial charge in [-0.2, -0.15) is 14.5 Å². The molecule has 0 radical (unpaired) electrons. The zero-order valence-electron chi connectivity index (χ0n) is 14.6. The molecule has 0 aliphatic carbocycles. The van der Waals surface area contributed by atoms with Gasteiger partial charge >= 0.3 is 0 Å². The normalized spacial score (nSPS) is 10.7. The van der Waals surface area contributed by atoms with Gasteiger partial charge in [0.1, 0.15) is 11.5 Å². The summed E-state index contributed by atoms with van der Waals surface area (Å²) in [5, 5.41) is 3.79. The van der Waals surface area contributed by atoms with Gasteiger partial charge in [0.2, 0.25) is 11.1 Å². The van der Waals surface area contributed by atoms with Crippen LogP contribution < -0.4 is 14.9 Å². The number of benzene rings is 2. The number of aromatic nitrogens is 2. The van der Waals surface area contributed by atoms with E-state index in [1.807, 2.05) is 0 Å². The van der Waals surface area contributed by atoms with Gasteiger partial charge in [0, 0.05) is 5.56 Å². The number of hydrogen-bond donors (Lipinski definition) is 1. The highest BCUT2D eigenvalue weighted by atomic mass is 35.5. The highest BCUT2D eigenvalue weighted by Crippen LogP contribution is 2.23. The Labute approximate surface area is 164 Å². The van der Waals surface area contributed by atoms with Crippen molar-refractivity contribution in [3.8, 4) is 17.4 Å². The number of hydrazone groups is 1. The summed E-state index contributed by atoms with van der Waals surface area (Å²) in [6.07, 6.45) is 2.39. The third-order valence-electron chi connectivity index (χ3n) is 3.49. The van der Waals surface area contributed by atoms with Crippen molar-refractivity contribution < 1.29 is 18.7 Å². The maximum absolute atomic E-state index is 13.6. The summed E-state index contributed by atoms with van der Waals surface area (Å²) in [6, 6.07) is 13.3. The highest BCUT2D eigenvalue weighted by Gasteiger charge is 2.08. The van der Waals surface area contributed by atoms with E-state index in [0.29, 0.717) is 22.6 Å². The Balaban J connectivity index is 1.60. The molecule has 28 heavy (non-hydrogen) atoms. The number of ether oxygens (including phenoxy) is 2. The molecule has 142 valence electrons. The first-order chi connectivity index (χ1) is 13.5. The molecular weight excluding hydrogens is 387 g/mol. The number of carbonyl (C=O) groups excluding carboxylic acids is 1. The Morgan fingerprint density at radius 1 is 1.21 bits per heavy atom. The van der Waals surface area contributed by atoms with E-state index in [2.05, 4.69) is 20.5 Å². The van der Waals surface area contributed by atoms with Crippen molar-refractivity contribution in [2.24, 2.45) is 5.10 Å². The van der Waals surface area contributed by atoms with Gasteiger partial charge < -0.3 is 9.47 Å². The number of nitrogens with zero attached hydrogens (tertiary/aromatic N) is 3. The highest BCUT2D eigenvalue weighted by molar-refractivity contribution is 6.28. The van der Waals surface area contributed by atoms with Gasteiger partial charge in [-0.1, -0.05) is 6.07 Å². The molecule has 0 atom stereocenters. The van der Waals surface area contributed by atoms with Gasteiger partial charge in [-0.15, -0.1) is 0 Å². The van der Waals surface area contributed by atoms with Gasteiger partial charge in [-0.05, 0) is 59.6 Å². The Kier molecular flexibility index (Phi) is 6.13. The molecular formula is C19H14ClFN4O3. The van der Waals surface area contributed by atoms with Crippen LogP contribution in [-0.4, -0.2) is 29.2 Å². The van der Waals surface area contributed by atoms with Crippen LogP contribution in [0.3, 0.4) is 0 Å². The lowest BCUT2D eigenvalue weighted by atomic mass is 10.2. The van der Waals surface area contributed by atoms with Gasteiger partial charge in [0.15, 0.2) is 0 Å². The molecule has 3 aromatic rings. The van der Waals surface area contributed by atoms with Crippen LogP contribution in [0.1, 0.15) is 15.9 Å². The van der Waals surface area contributed by atoms with Crippen molar-refractivity contribution in [3.63, 3.8) is 0 Å². The quantitative estimate of drug-likeness (QED) is 0.386. The van der Waals surface area contributed by atoms with Crippen LogP contribution >= 0.6 is 11.6 Å². The number of amides is 1. The van der Waals surface area contributed by atoms with E-state index in [4.69, 9.17) is 21.1 Å². The smallest absolute Gasteiger partial charge is 0.271 e. The molecule has 1 heterocycles. The van der Waals surface area contributed by atoms with Crippen LogP contribution in [0.25, 0.3) is 0 Å². The molecule has 1 aromatic heterocycles. The van der Waals surface area contributed by atoms with Crippen molar-refractivity contribution in [2.75, 3.05) is 7.11 Å². The summed E-state index contributed by atoms with van der Waals surface area (Å²) >= 11 is 5.62. The molecule has 0 spiro atoms. The SMILES string of the molecule is COc1cccc(C(=O)NN=Cc2ccc(Oc3nc(Cl)ncc3F)cc2)c1. The Bertz CT molecular complexity index is 1010.